The monoisotopic (exact) mass is 313 g/mol. The van der Waals surface area contributed by atoms with E-state index in [2.05, 4.69) is 5.32 Å². The summed E-state index contributed by atoms with van der Waals surface area (Å²) in [6.45, 7) is 0.475. The molecule has 0 atom stereocenters. The topological polar surface area (TPSA) is 30.5 Å². The Morgan fingerprint density at radius 2 is 1.85 bits per heavy atom. The molecule has 1 aliphatic heterocycles. The van der Waals surface area contributed by atoms with Gasteiger partial charge in [0.25, 0.3) is 0 Å². The highest BCUT2D eigenvalue weighted by Gasteiger charge is 2.16. The van der Waals surface area contributed by atoms with Crippen molar-refractivity contribution in [1.29, 1.82) is 0 Å². The molecule has 0 aliphatic carbocycles. The summed E-state index contributed by atoms with van der Waals surface area (Å²) in [5, 5.41) is 3.93. The first-order chi connectivity index (χ1) is 9.63. The Morgan fingerprint density at radius 3 is 2.60 bits per heavy atom. The second-order valence-electron chi connectivity index (χ2n) is 4.27. The molecule has 104 valence electrons. The molecule has 1 heterocycles. The van der Waals surface area contributed by atoms with E-state index < -0.39 is 0 Å². The summed E-state index contributed by atoms with van der Waals surface area (Å²) in [6.07, 6.45) is 0. The Morgan fingerprint density at radius 1 is 1.10 bits per heavy atom. The number of benzene rings is 2. The summed E-state index contributed by atoms with van der Waals surface area (Å²) in [4.78, 5) is 0. The van der Waals surface area contributed by atoms with Crippen molar-refractivity contribution in [1.82, 2.24) is 0 Å². The van der Waals surface area contributed by atoms with Crippen molar-refractivity contribution in [2.75, 3.05) is 12.1 Å². The van der Waals surface area contributed by atoms with E-state index in [-0.39, 0.29) is 12.6 Å². The summed E-state index contributed by atoms with van der Waals surface area (Å²) in [5.74, 6) is 0.869. The normalized spacial score (nSPS) is 12.6. The number of hydrogen-bond acceptors (Lipinski definition) is 3. The minimum absolute atomic E-state index is 0.181. The summed E-state index contributed by atoms with van der Waals surface area (Å²) in [7, 11) is 0. The number of rotatable bonds is 3. The fourth-order valence-corrected chi connectivity index (χ4v) is 2.29. The molecule has 2 aromatic rings. The van der Waals surface area contributed by atoms with Gasteiger partial charge in [-0.25, -0.2) is 4.39 Å². The lowest BCUT2D eigenvalue weighted by Crippen LogP contribution is -2.02. The van der Waals surface area contributed by atoms with Crippen LogP contribution in [0.1, 0.15) is 5.56 Å². The van der Waals surface area contributed by atoms with Gasteiger partial charge in [-0.2, -0.15) is 0 Å². The van der Waals surface area contributed by atoms with E-state index >= 15 is 0 Å². The summed E-state index contributed by atoms with van der Waals surface area (Å²) < 4.78 is 24.2. The molecule has 3 rings (SSSR count). The van der Waals surface area contributed by atoms with Crippen molar-refractivity contribution in [3.63, 3.8) is 0 Å². The highest BCUT2D eigenvalue weighted by Crippen LogP contribution is 2.39. The average molecular weight is 314 g/mol. The number of halogens is 3. The van der Waals surface area contributed by atoms with E-state index in [1.165, 1.54) is 6.07 Å². The molecule has 0 aromatic heterocycles. The van der Waals surface area contributed by atoms with Gasteiger partial charge < -0.3 is 14.8 Å². The van der Waals surface area contributed by atoms with Crippen molar-refractivity contribution in [3.8, 4) is 11.5 Å². The SMILES string of the molecule is Fc1cc(Cl)ccc1CNc1cc2c(cc1Cl)OCO2. The first kappa shape index (κ1) is 13.3. The zero-order chi connectivity index (χ0) is 14.1. The summed E-state index contributed by atoms with van der Waals surface area (Å²) in [6, 6.07) is 7.96. The van der Waals surface area contributed by atoms with E-state index in [1.54, 1.807) is 24.3 Å². The van der Waals surface area contributed by atoms with Gasteiger partial charge >= 0.3 is 0 Å². The molecular weight excluding hydrogens is 304 g/mol. The van der Waals surface area contributed by atoms with Crippen LogP contribution in [0, 0.1) is 5.82 Å². The minimum atomic E-state index is -0.359. The van der Waals surface area contributed by atoms with Gasteiger partial charge in [0.1, 0.15) is 5.82 Å². The predicted octanol–water partition coefficient (Wildman–Crippen LogP) is 4.47. The first-order valence-corrected chi connectivity index (χ1v) is 6.66. The van der Waals surface area contributed by atoms with Crippen LogP contribution < -0.4 is 14.8 Å². The minimum Gasteiger partial charge on any atom is -0.454 e. The molecule has 0 fully saturated rings. The van der Waals surface area contributed by atoms with Gasteiger partial charge in [0.15, 0.2) is 11.5 Å². The molecule has 6 heteroatoms. The number of nitrogens with one attached hydrogen (secondary N) is 1. The lowest BCUT2D eigenvalue weighted by molar-refractivity contribution is 0.174. The average Bonchev–Trinajstić information content (AvgIpc) is 2.84. The summed E-state index contributed by atoms with van der Waals surface area (Å²) in [5.41, 5.74) is 1.16. The molecular formula is C14H10Cl2FNO2. The van der Waals surface area contributed by atoms with Gasteiger partial charge in [-0.1, -0.05) is 29.3 Å². The van der Waals surface area contributed by atoms with Crippen molar-refractivity contribution < 1.29 is 13.9 Å². The third kappa shape index (κ3) is 2.62. The molecule has 0 unspecified atom stereocenters. The van der Waals surface area contributed by atoms with Gasteiger partial charge in [0.2, 0.25) is 6.79 Å². The van der Waals surface area contributed by atoms with Gasteiger partial charge in [-0.15, -0.1) is 0 Å². The Labute approximate surface area is 125 Å². The Hall–Kier alpha value is -1.65. The second-order valence-corrected chi connectivity index (χ2v) is 5.12. The molecule has 0 spiro atoms. The van der Waals surface area contributed by atoms with Crippen LogP contribution in [0.2, 0.25) is 10.0 Å². The zero-order valence-electron chi connectivity index (χ0n) is 10.3. The maximum atomic E-state index is 13.7. The maximum absolute atomic E-state index is 13.7. The van der Waals surface area contributed by atoms with Crippen molar-refractivity contribution >= 4 is 28.9 Å². The lowest BCUT2D eigenvalue weighted by atomic mass is 10.2. The van der Waals surface area contributed by atoms with Gasteiger partial charge in [0, 0.05) is 29.3 Å². The van der Waals surface area contributed by atoms with Gasteiger partial charge in [0.05, 0.1) is 10.7 Å². The number of ether oxygens (including phenoxy) is 2. The first-order valence-electron chi connectivity index (χ1n) is 5.90. The number of anilines is 1. The van der Waals surface area contributed by atoms with Crippen LogP contribution in [0.3, 0.4) is 0 Å². The number of hydrogen-bond donors (Lipinski definition) is 1. The zero-order valence-corrected chi connectivity index (χ0v) is 11.8. The smallest absolute Gasteiger partial charge is 0.231 e. The highest BCUT2D eigenvalue weighted by atomic mass is 35.5. The molecule has 0 saturated heterocycles. The van der Waals surface area contributed by atoms with Crippen LogP contribution >= 0.6 is 23.2 Å². The largest absolute Gasteiger partial charge is 0.454 e. The Bertz CT molecular complexity index is 664. The van der Waals surface area contributed by atoms with E-state index in [0.29, 0.717) is 39.3 Å². The van der Waals surface area contributed by atoms with Crippen molar-refractivity contribution in [2.24, 2.45) is 0 Å². The lowest BCUT2D eigenvalue weighted by Gasteiger charge is -2.10. The predicted molar refractivity (Wildman–Crippen MR) is 76.3 cm³/mol. The highest BCUT2D eigenvalue weighted by molar-refractivity contribution is 6.33. The standard InChI is InChI=1S/C14H10Cl2FNO2/c15-9-2-1-8(11(17)3-9)6-18-12-5-14-13(4-10(12)16)19-7-20-14/h1-5,18H,6-7H2. The van der Waals surface area contributed by atoms with E-state index in [9.17, 15) is 4.39 Å². The van der Waals surface area contributed by atoms with Crippen LogP contribution in [-0.4, -0.2) is 6.79 Å². The van der Waals surface area contributed by atoms with Crippen LogP contribution in [0.15, 0.2) is 30.3 Å². The van der Waals surface area contributed by atoms with Crippen LogP contribution in [0.25, 0.3) is 0 Å². The molecule has 0 saturated carbocycles. The Kier molecular flexibility index (Phi) is 3.59. The molecule has 1 N–H and O–H groups in total. The van der Waals surface area contributed by atoms with Gasteiger partial charge in [-0.3, -0.25) is 0 Å². The molecule has 2 aromatic carbocycles. The molecule has 0 radical (unpaired) electrons. The number of fused-ring (bicyclic) bond motifs is 1. The second kappa shape index (κ2) is 5.38. The van der Waals surface area contributed by atoms with Crippen LogP contribution in [-0.2, 0) is 6.54 Å². The Balaban J connectivity index is 1.78. The van der Waals surface area contributed by atoms with E-state index in [4.69, 9.17) is 32.7 Å². The maximum Gasteiger partial charge on any atom is 0.231 e. The third-order valence-electron chi connectivity index (χ3n) is 2.95. The fraction of sp³-hybridized carbons (Fsp3) is 0.143. The van der Waals surface area contributed by atoms with Crippen LogP contribution in [0.5, 0.6) is 11.5 Å². The molecule has 1 aliphatic rings. The molecule has 0 bridgehead atoms. The molecule has 20 heavy (non-hydrogen) atoms. The van der Waals surface area contributed by atoms with E-state index in [0.717, 1.165) is 0 Å². The van der Waals surface area contributed by atoms with Gasteiger partial charge in [-0.05, 0) is 12.1 Å². The van der Waals surface area contributed by atoms with Crippen molar-refractivity contribution in [3.05, 3.63) is 51.8 Å². The molecule has 0 amide bonds. The fourth-order valence-electron chi connectivity index (χ4n) is 1.91. The molecule has 3 nitrogen and oxygen atoms in total. The quantitative estimate of drug-likeness (QED) is 0.906. The van der Waals surface area contributed by atoms with Crippen LogP contribution in [0.4, 0.5) is 10.1 Å². The third-order valence-corrected chi connectivity index (χ3v) is 3.49. The van der Waals surface area contributed by atoms with E-state index in [1.807, 2.05) is 0 Å². The van der Waals surface area contributed by atoms with Crippen molar-refractivity contribution in [2.45, 2.75) is 6.54 Å². The summed E-state index contributed by atoms with van der Waals surface area (Å²) >= 11 is 11.8.